The average Bonchev–Trinajstić information content (AvgIpc) is 3.20. The van der Waals surface area contributed by atoms with Crippen LogP contribution < -0.4 is 26.0 Å². The van der Waals surface area contributed by atoms with Gasteiger partial charge in [-0.2, -0.15) is 0 Å². The van der Waals surface area contributed by atoms with Gasteiger partial charge >= 0.3 is 5.69 Å². The van der Waals surface area contributed by atoms with E-state index in [1.807, 2.05) is 35.6 Å². The lowest BCUT2D eigenvalue weighted by molar-refractivity contribution is -0.690. The lowest BCUT2D eigenvalue weighted by Crippen LogP contribution is -2.87. The summed E-state index contributed by atoms with van der Waals surface area (Å²) in [4.78, 5) is 31.2. The number of benzene rings is 2. The Balaban J connectivity index is 1.61. The first kappa shape index (κ1) is 20.9. The Labute approximate surface area is 188 Å². The Morgan fingerprint density at radius 2 is 1.79 bits per heavy atom. The second-order valence-electron chi connectivity index (χ2n) is 8.11. The number of aromatic nitrogens is 3. The molecule has 0 aliphatic carbocycles. The molecule has 170 valence electrons. The van der Waals surface area contributed by atoms with Crippen molar-refractivity contribution in [3.05, 3.63) is 85.7 Å². The highest BCUT2D eigenvalue weighted by molar-refractivity contribution is 5.86. The molecule has 0 saturated heterocycles. The fourth-order valence-electron chi connectivity index (χ4n) is 4.60. The maximum atomic E-state index is 12.9. The minimum absolute atomic E-state index is 0.113. The zero-order chi connectivity index (χ0) is 23.1. The molecular formula is C24H25N4O5+. The number of ether oxygens (including phenoxy) is 2. The number of aromatic amines is 2. The number of quaternary nitrogens is 1. The summed E-state index contributed by atoms with van der Waals surface area (Å²) in [6.45, 7) is 0.847. The summed E-state index contributed by atoms with van der Waals surface area (Å²) in [5.74, 6) is 1.12. The van der Waals surface area contributed by atoms with Crippen LogP contribution in [0.1, 0.15) is 28.4 Å². The van der Waals surface area contributed by atoms with E-state index >= 15 is 0 Å². The molecule has 5 N–H and O–H groups in total. The van der Waals surface area contributed by atoms with Crippen LogP contribution >= 0.6 is 0 Å². The third kappa shape index (κ3) is 3.56. The van der Waals surface area contributed by atoms with E-state index in [1.54, 1.807) is 26.4 Å². The van der Waals surface area contributed by atoms with Crippen LogP contribution in [-0.4, -0.2) is 40.4 Å². The number of nitrogens with one attached hydrogen (secondary N) is 2. The SMILES string of the molecule is COc1ccc(Cn2c(O)c([C@H]3[NH2+]CCc4c3[nH]c3ccc(OC)cc43)c(=O)[nH]c2=O)cc1. The van der Waals surface area contributed by atoms with Gasteiger partial charge in [-0.05, 0) is 41.5 Å². The van der Waals surface area contributed by atoms with E-state index in [-0.39, 0.29) is 18.0 Å². The first-order chi connectivity index (χ1) is 16.0. The molecule has 0 spiro atoms. The molecule has 5 rings (SSSR count). The van der Waals surface area contributed by atoms with Gasteiger partial charge in [0.25, 0.3) is 5.56 Å². The number of hydrogen-bond donors (Lipinski definition) is 4. The number of rotatable bonds is 5. The number of nitrogens with two attached hydrogens (primary N) is 1. The molecule has 3 heterocycles. The number of methoxy groups -OCH3 is 2. The predicted octanol–water partition coefficient (Wildman–Crippen LogP) is 0.998. The quantitative estimate of drug-likeness (QED) is 0.362. The molecule has 0 saturated carbocycles. The summed E-state index contributed by atoms with van der Waals surface area (Å²) < 4.78 is 11.7. The van der Waals surface area contributed by atoms with Gasteiger partial charge in [0.15, 0.2) is 6.04 Å². The van der Waals surface area contributed by atoms with Crippen LogP contribution in [0.4, 0.5) is 0 Å². The zero-order valence-electron chi connectivity index (χ0n) is 18.3. The Bertz CT molecular complexity index is 1450. The van der Waals surface area contributed by atoms with E-state index in [0.29, 0.717) is 5.75 Å². The highest BCUT2D eigenvalue weighted by atomic mass is 16.5. The van der Waals surface area contributed by atoms with E-state index in [0.717, 1.165) is 46.4 Å². The third-order valence-corrected chi connectivity index (χ3v) is 6.27. The molecule has 0 bridgehead atoms. The average molecular weight is 449 g/mol. The van der Waals surface area contributed by atoms with Crippen molar-refractivity contribution < 1.29 is 19.9 Å². The minimum Gasteiger partial charge on any atom is -0.497 e. The van der Waals surface area contributed by atoms with Crippen molar-refractivity contribution in [3.8, 4) is 17.4 Å². The molecule has 33 heavy (non-hydrogen) atoms. The second-order valence-corrected chi connectivity index (χ2v) is 8.11. The van der Waals surface area contributed by atoms with Gasteiger partial charge in [0.05, 0.1) is 33.0 Å². The van der Waals surface area contributed by atoms with Crippen LogP contribution in [0.25, 0.3) is 10.9 Å². The first-order valence-corrected chi connectivity index (χ1v) is 10.7. The van der Waals surface area contributed by atoms with E-state index < -0.39 is 17.3 Å². The van der Waals surface area contributed by atoms with Gasteiger partial charge in [-0.1, -0.05) is 12.1 Å². The van der Waals surface area contributed by atoms with E-state index in [9.17, 15) is 14.7 Å². The summed E-state index contributed by atoms with van der Waals surface area (Å²) in [6, 6.07) is 12.5. The van der Waals surface area contributed by atoms with Gasteiger partial charge in [-0.25, -0.2) is 4.79 Å². The Kier molecular flexibility index (Phi) is 5.18. The largest absolute Gasteiger partial charge is 0.497 e. The fraction of sp³-hybridized carbons (Fsp3) is 0.250. The number of H-pyrrole nitrogens is 2. The molecular weight excluding hydrogens is 424 g/mol. The highest BCUT2D eigenvalue weighted by Gasteiger charge is 2.34. The molecule has 9 heteroatoms. The van der Waals surface area contributed by atoms with Crippen LogP contribution in [0.15, 0.2) is 52.1 Å². The maximum absolute atomic E-state index is 12.9. The van der Waals surface area contributed by atoms with Gasteiger partial charge in [-0.15, -0.1) is 0 Å². The summed E-state index contributed by atoms with van der Waals surface area (Å²) in [5.41, 5.74) is 2.56. The molecule has 1 aliphatic heterocycles. The van der Waals surface area contributed by atoms with Crippen LogP contribution in [0.3, 0.4) is 0 Å². The van der Waals surface area contributed by atoms with Gasteiger partial charge in [0, 0.05) is 17.3 Å². The fourth-order valence-corrected chi connectivity index (χ4v) is 4.60. The highest BCUT2D eigenvalue weighted by Crippen LogP contribution is 2.33. The van der Waals surface area contributed by atoms with Crippen molar-refractivity contribution in [1.29, 1.82) is 0 Å². The van der Waals surface area contributed by atoms with Crippen LogP contribution in [-0.2, 0) is 13.0 Å². The Hall–Kier alpha value is -3.98. The lowest BCUT2D eigenvalue weighted by atomic mass is 9.95. The summed E-state index contributed by atoms with van der Waals surface area (Å²) in [6.07, 6.45) is 0.809. The molecule has 0 radical (unpaired) electrons. The first-order valence-electron chi connectivity index (χ1n) is 10.7. The molecule has 2 aromatic carbocycles. The van der Waals surface area contributed by atoms with E-state index in [1.165, 1.54) is 4.57 Å². The molecule has 1 atom stereocenters. The number of nitrogens with zero attached hydrogens (tertiary/aromatic N) is 1. The van der Waals surface area contributed by atoms with Gasteiger partial charge < -0.3 is 24.9 Å². The predicted molar refractivity (Wildman–Crippen MR) is 122 cm³/mol. The lowest BCUT2D eigenvalue weighted by Gasteiger charge is -2.22. The molecule has 9 nitrogen and oxygen atoms in total. The van der Waals surface area contributed by atoms with E-state index in [4.69, 9.17) is 9.47 Å². The topological polar surface area (TPSA) is 126 Å². The van der Waals surface area contributed by atoms with Crippen molar-refractivity contribution in [2.75, 3.05) is 20.8 Å². The Morgan fingerprint density at radius 1 is 1.06 bits per heavy atom. The monoisotopic (exact) mass is 449 g/mol. The standard InChI is InChI=1S/C24H24N4O5/c1-32-14-5-3-13(4-6-14)12-28-23(30)19(22(29)27-24(28)31)21-20-16(9-10-25-21)17-11-15(33-2)7-8-18(17)26-20/h3-8,11,21,25-26,30H,9-10,12H2,1-2H3,(H,27,29,31)/p+1/t21-/m1/s1. The van der Waals surface area contributed by atoms with Crippen molar-refractivity contribution >= 4 is 10.9 Å². The third-order valence-electron chi connectivity index (χ3n) is 6.27. The molecule has 0 amide bonds. The summed E-state index contributed by atoms with van der Waals surface area (Å²) in [7, 11) is 3.20. The molecule has 1 aliphatic rings. The van der Waals surface area contributed by atoms with Crippen molar-refractivity contribution in [1.82, 2.24) is 14.5 Å². The molecule has 0 unspecified atom stereocenters. The van der Waals surface area contributed by atoms with E-state index in [2.05, 4.69) is 9.97 Å². The van der Waals surface area contributed by atoms with Gasteiger partial charge in [0.2, 0.25) is 5.88 Å². The maximum Gasteiger partial charge on any atom is 0.331 e. The van der Waals surface area contributed by atoms with Crippen molar-refractivity contribution in [2.45, 2.75) is 19.0 Å². The van der Waals surface area contributed by atoms with Crippen LogP contribution in [0, 0.1) is 0 Å². The second kappa shape index (κ2) is 8.18. The molecule has 2 aromatic heterocycles. The minimum atomic E-state index is -0.658. The molecule has 4 aromatic rings. The van der Waals surface area contributed by atoms with Gasteiger partial charge in [-0.3, -0.25) is 14.3 Å². The Morgan fingerprint density at radius 3 is 2.52 bits per heavy atom. The number of aromatic hydroxyl groups is 1. The van der Waals surface area contributed by atoms with Crippen molar-refractivity contribution in [3.63, 3.8) is 0 Å². The zero-order valence-corrected chi connectivity index (χ0v) is 18.3. The molecule has 0 fully saturated rings. The normalized spacial score (nSPS) is 15.4. The number of hydrogen-bond acceptors (Lipinski definition) is 5. The van der Waals surface area contributed by atoms with Crippen LogP contribution in [0.5, 0.6) is 17.4 Å². The van der Waals surface area contributed by atoms with Crippen LogP contribution in [0.2, 0.25) is 0 Å². The summed E-state index contributed by atoms with van der Waals surface area (Å²) in [5, 5.41) is 14.1. The summed E-state index contributed by atoms with van der Waals surface area (Å²) >= 11 is 0. The number of fused-ring (bicyclic) bond motifs is 3. The van der Waals surface area contributed by atoms with Gasteiger partial charge in [0.1, 0.15) is 17.1 Å². The smallest absolute Gasteiger partial charge is 0.331 e. The van der Waals surface area contributed by atoms with Crippen molar-refractivity contribution in [2.24, 2.45) is 0 Å².